The molecular formula is C44H43N7O8. The van der Waals surface area contributed by atoms with Gasteiger partial charge in [0.2, 0.25) is 23.6 Å². The highest BCUT2D eigenvalue weighted by atomic mass is 16.5. The van der Waals surface area contributed by atoms with Crippen molar-refractivity contribution in [3.63, 3.8) is 0 Å². The van der Waals surface area contributed by atoms with Gasteiger partial charge in [-0.1, -0.05) is 12.1 Å². The molecule has 0 radical (unpaired) electrons. The minimum absolute atomic E-state index is 0.00382. The smallest absolute Gasteiger partial charge is 0.262 e. The fourth-order valence-electron chi connectivity index (χ4n) is 8.95. The van der Waals surface area contributed by atoms with Crippen molar-refractivity contribution in [3.05, 3.63) is 84.3 Å². The van der Waals surface area contributed by atoms with E-state index in [2.05, 4.69) is 45.1 Å². The average Bonchev–Trinajstić information content (AvgIpc) is 3.64. The number of piperidine rings is 2. The molecule has 5 amide bonds. The molecule has 1 atom stereocenters. The molecule has 1 saturated carbocycles. The summed E-state index contributed by atoms with van der Waals surface area (Å²) in [4.78, 5) is 76.9. The van der Waals surface area contributed by atoms with Gasteiger partial charge in [0, 0.05) is 105 Å². The second-order valence-electron chi connectivity index (χ2n) is 16.1. The lowest BCUT2D eigenvalue weighted by Gasteiger charge is -2.41. The largest absolute Gasteiger partial charge is 0.474 e. The highest BCUT2D eigenvalue weighted by Gasteiger charge is 2.45. The number of likely N-dealkylation sites (tertiary alicyclic amines) is 1. The van der Waals surface area contributed by atoms with Crippen LogP contribution in [-0.4, -0.2) is 117 Å². The lowest BCUT2D eigenvalue weighted by Crippen LogP contribution is -2.54. The van der Waals surface area contributed by atoms with Crippen LogP contribution in [0.1, 0.15) is 59.2 Å². The molecular weight excluding hydrogens is 755 g/mol. The van der Waals surface area contributed by atoms with E-state index in [4.69, 9.17) is 14.2 Å². The van der Waals surface area contributed by atoms with Gasteiger partial charge in [-0.3, -0.25) is 39.2 Å². The normalized spacial score (nSPS) is 22.5. The molecule has 2 aromatic carbocycles. The molecule has 4 fully saturated rings. The molecule has 0 spiro atoms. The highest BCUT2D eigenvalue weighted by Crippen LogP contribution is 2.35. The number of amides is 5. The molecule has 5 aromatic rings. The van der Waals surface area contributed by atoms with Gasteiger partial charge in [0.25, 0.3) is 11.8 Å². The molecule has 7 heterocycles. The Morgan fingerprint density at radius 2 is 1.59 bits per heavy atom. The van der Waals surface area contributed by atoms with E-state index in [-0.39, 0.29) is 60.9 Å². The molecule has 1 unspecified atom stereocenters. The van der Waals surface area contributed by atoms with Crippen LogP contribution >= 0.6 is 0 Å². The molecule has 15 heteroatoms. The number of nitrogens with one attached hydrogen (secondary N) is 1. The van der Waals surface area contributed by atoms with E-state index in [1.54, 1.807) is 18.2 Å². The van der Waals surface area contributed by atoms with E-state index in [1.807, 2.05) is 46.6 Å². The first-order valence-electron chi connectivity index (χ1n) is 20.3. The van der Waals surface area contributed by atoms with Crippen molar-refractivity contribution in [2.24, 2.45) is 7.05 Å². The van der Waals surface area contributed by atoms with Gasteiger partial charge < -0.3 is 28.6 Å². The molecule has 10 rings (SSSR count). The monoisotopic (exact) mass is 797 g/mol. The topological polar surface area (TPSA) is 166 Å². The number of aryl methyl sites for hydroxylation is 1. The number of hydrogen-bond donors (Lipinski definition) is 1. The highest BCUT2D eigenvalue weighted by molar-refractivity contribution is 6.23. The van der Waals surface area contributed by atoms with Crippen LogP contribution in [0.2, 0.25) is 0 Å². The second kappa shape index (κ2) is 14.9. The fourth-order valence-corrected chi connectivity index (χ4v) is 8.95. The van der Waals surface area contributed by atoms with Gasteiger partial charge in [0.1, 0.15) is 18.8 Å². The number of anilines is 1. The van der Waals surface area contributed by atoms with Crippen molar-refractivity contribution in [3.8, 4) is 17.0 Å². The third kappa shape index (κ3) is 6.87. The molecule has 3 saturated heterocycles. The molecule has 4 aliphatic heterocycles. The Labute approximate surface area is 339 Å². The summed E-state index contributed by atoms with van der Waals surface area (Å²) in [6, 6.07) is 16.5. The summed E-state index contributed by atoms with van der Waals surface area (Å²) in [6.07, 6.45) is 9.09. The van der Waals surface area contributed by atoms with Gasteiger partial charge in [0.05, 0.1) is 35.0 Å². The maximum atomic E-state index is 13.2. The van der Waals surface area contributed by atoms with Crippen LogP contribution in [0.25, 0.3) is 32.9 Å². The maximum Gasteiger partial charge on any atom is 0.262 e. The van der Waals surface area contributed by atoms with Gasteiger partial charge in [-0.05, 0) is 61.2 Å². The summed E-state index contributed by atoms with van der Waals surface area (Å²) < 4.78 is 20.7. The Morgan fingerprint density at radius 3 is 2.37 bits per heavy atom. The van der Waals surface area contributed by atoms with E-state index in [9.17, 15) is 24.0 Å². The minimum Gasteiger partial charge on any atom is -0.474 e. The minimum atomic E-state index is -1.00. The zero-order valence-corrected chi connectivity index (χ0v) is 32.5. The number of ether oxygens (including phenoxy) is 3. The van der Waals surface area contributed by atoms with Crippen LogP contribution in [0, 0.1) is 0 Å². The summed E-state index contributed by atoms with van der Waals surface area (Å²) in [7, 11) is 2.08. The van der Waals surface area contributed by atoms with Crippen molar-refractivity contribution < 1.29 is 38.2 Å². The van der Waals surface area contributed by atoms with E-state index >= 15 is 0 Å². The Morgan fingerprint density at radius 1 is 0.797 bits per heavy atom. The number of nitrogens with zero attached hydrogens (tertiary/aromatic N) is 6. The van der Waals surface area contributed by atoms with Crippen molar-refractivity contribution in [2.75, 3.05) is 37.7 Å². The van der Waals surface area contributed by atoms with Crippen molar-refractivity contribution in [1.29, 1.82) is 0 Å². The summed E-state index contributed by atoms with van der Waals surface area (Å²) >= 11 is 0. The van der Waals surface area contributed by atoms with E-state index < -0.39 is 29.7 Å². The molecule has 15 nitrogen and oxygen atoms in total. The number of rotatable bonds is 10. The Bertz CT molecular complexity index is 2520. The number of hydrogen-bond acceptors (Lipinski definition) is 11. The summed E-state index contributed by atoms with van der Waals surface area (Å²) in [6.45, 7) is 2.31. The van der Waals surface area contributed by atoms with Gasteiger partial charge in [-0.2, -0.15) is 0 Å². The Hall–Kier alpha value is -6.19. The lowest BCUT2D eigenvalue weighted by molar-refractivity contribution is -0.145. The zero-order valence-electron chi connectivity index (χ0n) is 32.5. The van der Waals surface area contributed by atoms with Crippen molar-refractivity contribution in [1.82, 2.24) is 29.7 Å². The maximum absolute atomic E-state index is 13.2. The van der Waals surface area contributed by atoms with Crippen LogP contribution in [-0.2, 0) is 30.9 Å². The van der Waals surface area contributed by atoms with Crippen LogP contribution in [0.5, 0.6) is 5.88 Å². The van der Waals surface area contributed by atoms with Crippen LogP contribution in [0.4, 0.5) is 5.69 Å². The van der Waals surface area contributed by atoms with E-state index in [1.165, 1.54) is 5.39 Å². The summed E-state index contributed by atoms with van der Waals surface area (Å²) in [5.41, 5.74) is 5.65. The van der Waals surface area contributed by atoms with Crippen LogP contribution < -0.4 is 15.0 Å². The number of fused-ring (bicyclic) bond motifs is 4. The number of aromatic nitrogens is 3. The quantitative estimate of drug-likeness (QED) is 0.203. The van der Waals surface area contributed by atoms with Gasteiger partial charge in [-0.15, -0.1) is 0 Å². The van der Waals surface area contributed by atoms with Crippen molar-refractivity contribution >= 4 is 57.0 Å². The SMILES string of the molecule is Cn1c2ccncc2c2ccc(-c3ccc(OC4CC(OC5CCN(C(=O)COC6CN(c7ccc8c(c7)C(=O)N(C7CCC(=O)NC7=O)C8=O)C6)CC5)C4)nc3)cc21. The number of carbonyl (C=O) groups excluding carboxylic acids is 5. The first kappa shape index (κ1) is 37.1. The Kier molecular flexibility index (Phi) is 9.36. The van der Waals surface area contributed by atoms with Crippen LogP contribution in [0.3, 0.4) is 0 Å². The first-order chi connectivity index (χ1) is 28.7. The van der Waals surface area contributed by atoms with Gasteiger partial charge >= 0.3 is 0 Å². The third-order valence-corrected chi connectivity index (χ3v) is 12.5. The first-order valence-corrected chi connectivity index (χ1v) is 20.3. The Balaban J connectivity index is 0.632. The number of carbonyl (C=O) groups is 5. The molecule has 1 aliphatic carbocycles. The number of imide groups is 2. The number of benzene rings is 2. The number of pyridine rings is 2. The predicted octanol–water partition coefficient (Wildman–Crippen LogP) is 4.01. The molecule has 3 aromatic heterocycles. The van der Waals surface area contributed by atoms with Gasteiger partial charge in [-0.25, -0.2) is 4.98 Å². The molecule has 302 valence electrons. The summed E-state index contributed by atoms with van der Waals surface area (Å²) in [5, 5.41) is 4.53. The predicted molar refractivity (Wildman–Crippen MR) is 215 cm³/mol. The standard InChI is InChI=1S/C44H43N7O8/c1-48-36-10-13-45-21-35(36)32-5-2-25(16-38(32)48)26-3-9-40(46-20-26)59-30-18-29(19-30)58-28-11-14-49(15-12-28)41(53)24-57-31-22-50(23-31)27-4-6-33-34(17-27)44(56)51(43(33)55)37-7-8-39(52)47-42(37)54/h2-6,9-10,13,16-17,20-21,28-31,37H,7-8,11-12,14-15,18-19,22-24H2,1H3,(H,47,52,54). The summed E-state index contributed by atoms with van der Waals surface area (Å²) in [5.74, 6) is -1.56. The lowest BCUT2D eigenvalue weighted by atomic mass is 9.91. The van der Waals surface area contributed by atoms with E-state index in [0.29, 0.717) is 32.1 Å². The third-order valence-electron chi connectivity index (χ3n) is 12.5. The molecule has 1 N–H and O–H groups in total. The average molecular weight is 798 g/mol. The van der Waals surface area contributed by atoms with Crippen molar-refractivity contribution in [2.45, 2.75) is 69.0 Å². The molecule has 59 heavy (non-hydrogen) atoms. The van der Waals surface area contributed by atoms with E-state index in [0.717, 1.165) is 63.8 Å². The zero-order chi connectivity index (χ0) is 40.4. The molecule has 0 bridgehead atoms. The van der Waals surface area contributed by atoms with Gasteiger partial charge in [0.15, 0.2) is 0 Å². The molecule has 5 aliphatic rings. The van der Waals surface area contributed by atoms with Crippen LogP contribution in [0.15, 0.2) is 73.2 Å². The second-order valence-corrected chi connectivity index (χ2v) is 16.1. The fraction of sp³-hybridized carbons (Fsp3) is 0.386.